The molecule has 0 aliphatic rings. The van der Waals surface area contributed by atoms with Gasteiger partial charge in [0.15, 0.2) is 23.0 Å². The fourth-order valence-electron chi connectivity index (χ4n) is 3.19. The average Bonchev–Trinajstić information content (AvgIpc) is 3.33. The SMILES string of the molecule is COc1ccc(OC)c(-c2cc(C(=O)Nc3ccc(OCc4cccc(F)c4)c(F)c3)no2)c1. The number of anilines is 1. The van der Waals surface area contributed by atoms with Crippen molar-refractivity contribution < 1.29 is 32.3 Å². The number of rotatable bonds is 8. The van der Waals surface area contributed by atoms with Crippen LogP contribution in [0.5, 0.6) is 17.2 Å². The van der Waals surface area contributed by atoms with E-state index in [4.69, 9.17) is 18.7 Å². The Morgan fingerprint density at radius 3 is 2.53 bits per heavy atom. The number of hydrogen-bond donors (Lipinski definition) is 1. The Bertz CT molecular complexity index is 1320. The van der Waals surface area contributed by atoms with Crippen molar-refractivity contribution in [3.8, 4) is 28.6 Å². The number of carbonyl (C=O) groups is 1. The van der Waals surface area contributed by atoms with Crippen LogP contribution in [-0.4, -0.2) is 25.3 Å². The molecule has 0 saturated carbocycles. The van der Waals surface area contributed by atoms with Gasteiger partial charge in [-0.15, -0.1) is 0 Å². The molecule has 4 rings (SSSR count). The molecule has 0 radical (unpaired) electrons. The predicted molar refractivity (Wildman–Crippen MR) is 120 cm³/mol. The molecule has 1 N–H and O–H groups in total. The van der Waals surface area contributed by atoms with Crippen LogP contribution < -0.4 is 19.5 Å². The van der Waals surface area contributed by atoms with Crippen LogP contribution in [0.3, 0.4) is 0 Å². The molecule has 3 aromatic carbocycles. The number of benzene rings is 3. The fourth-order valence-corrected chi connectivity index (χ4v) is 3.19. The number of halogens is 2. The van der Waals surface area contributed by atoms with Gasteiger partial charge in [-0.1, -0.05) is 17.3 Å². The third-order valence-corrected chi connectivity index (χ3v) is 4.89. The molecule has 7 nitrogen and oxygen atoms in total. The molecule has 0 fully saturated rings. The van der Waals surface area contributed by atoms with Gasteiger partial charge in [-0.2, -0.15) is 0 Å². The zero-order valence-electron chi connectivity index (χ0n) is 18.3. The quantitative estimate of drug-likeness (QED) is 0.371. The maximum Gasteiger partial charge on any atom is 0.277 e. The molecular weight excluding hydrogens is 446 g/mol. The summed E-state index contributed by atoms with van der Waals surface area (Å²) in [6, 6.07) is 16.4. The van der Waals surface area contributed by atoms with Gasteiger partial charge in [0.1, 0.15) is 23.9 Å². The highest BCUT2D eigenvalue weighted by Gasteiger charge is 2.18. The van der Waals surface area contributed by atoms with Gasteiger partial charge in [0.25, 0.3) is 5.91 Å². The van der Waals surface area contributed by atoms with Crippen molar-refractivity contribution in [3.05, 3.63) is 89.6 Å². The smallest absolute Gasteiger partial charge is 0.277 e. The van der Waals surface area contributed by atoms with Crippen molar-refractivity contribution in [1.29, 1.82) is 0 Å². The zero-order valence-corrected chi connectivity index (χ0v) is 18.3. The molecule has 0 aliphatic carbocycles. The van der Waals surface area contributed by atoms with Gasteiger partial charge in [0, 0.05) is 17.8 Å². The van der Waals surface area contributed by atoms with Crippen LogP contribution in [0, 0.1) is 11.6 Å². The minimum atomic E-state index is -0.684. The minimum Gasteiger partial charge on any atom is -0.497 e. The Balaban J connectivity index is 1.44. The maximum absolute atomic E-state index is 14.5. The van der Waals surface area contributed by atoms with Crippen LogP contribution in [0.25, 0.3) is 11.3 Å². The fraction of sp³-hybridized carbons (Fsp3) is 0.120. The number of nitrogens with one attached hydrogen (secondary N) is 1. The van der Waals surface area contributed by atoms with E-state index in [1.165, 1.54) is 44.6 Å². The topological polar surface area (TPSA) is 82.8 Å². The van der Waals surface area contributed by atoms with Crippen molar-refractivity contribution in [2.45, 2.75) is 6.61 Å². The van der Waals surface area contributed by atoms with Crippen LogP contribution >= 0.6 is 0 Å². The summed E-state index contributed by atoms with van der Waals surface area (Å²) in [5.74, 6) is -0.321. The summed E-state index contributed by atoms with van der Waals surface area (Å²) in [7, 11) is 3.04. The molecule has 9 heteroatoms. The van der Waals surface area contributed by atoms with E-state index in [2.05, 4.69) is 10.5 Å². The van der Waals surface area contributed by atoms with Gasteiger partial charge >= 0.3 is 0 Å². The second-order valence-corrected chi connectivity index (χ2v) is 7.16. The summed E-state index contributed by atoms with van der Waals surface area (Å²) in [5.41, 5.74) is 1.31. The van der Waals surface area contributed by atoms with Crippen molar-refractivity contribution in [1.82, 2.24) is 5.16 Å². The summed E-state index contributed by atoms with van der Waals surface area (Å²) in [4.78, 5) is 12.6. The summed E-state index contributed by atoms with van der Waals surface area (Å²) >= 11 is 0. The van der Waals surface area contributed by atoms with E-state index in [-0.39, 0.29) is 23.7 Å². The number of carbonyl (C=O) groups excluding carboxylic acids is 1. The molecule has 1 amide bonds. The second kappa shape index (κ2) is 10.0. The van der Waals surface area contributed by atoms with Gasteiger partial charge in [-0.05, 0) is 48.0 Å². The Morgan fingerprint density at radius 2 is 1.79 bits per heavy atom. The van der Waals surface area contributed by atoms with Crippen LogP contribution in [0.2, 0.25) is 0 Å². The Hall–Kier alpha value is -4.40. The number of methoxy groups -OCH3 is 2. The lowest BCUT2D eigenvalue weighted by Crippen LogP contribution is -2.12. The van der Waals surface area contributed by atoms with E-state index in [1.807, 2.05) is 0 Å². The number of amides is 1. The predicted octanol–water partition coefficient (Wildman–Crippen LogP) is 5.47. The number of ether oxygens (including phenoxy) is 3. The Morgan fingerprint density at radius 1 is 0.971 bits per heavy atom. The molecule has 4 aromatic rings. The second-order valence-electron chi connectivity index (χ2n) is 7.16. The van der Waals surface area contributed by atoms with E-state index in [0.29, 0.717) is 28.4 Å². The van der Waals surface area contributed by atoms with Crippen LogP contribution in [0.1, 0.15) is 16.1 Å². The Labute approximate surface area is 193 Å². The van der Waals surface area contributed by atoms with Gasteiger partial charge in [0.05, 0.1) is 19.8 Å². The summed E-state index contributed by atoms with van der Waals surface area (Å²) < 4.78 is 49.0. The first kappa shape index (κ1) is 22.8. The van der Waals surface area contributed by atoms with E-state index in [9.17, 15) is 13.6 Å². The molecule has 34 heavy (non-hydrogen) atoms. The van der Waals surface area contributed by atoms with Gasteiger partial charge in [-0.3, -0.25) is 4.79 Å². The monoisotopic (exact) mass is 466 g/mol. The lowest BCUT2D eigenvalue weighted by molar-refractivity contribution is 0.101. The van der Waals surface area contributed by atoms with Crippen molar-refractivity contribution in [2.24, 2.45) is 0 Å². The number of aromatic nitrogens is 1. The van der Waals surface area contributed by atoms with Crippen LogP contribution in [0.4, 0.5) is 14.5 Å². The normalized spacial score (nSPS) is 10.6. The average molecular weight is 466 g/mol. The summed E-state index contributed by atoms with van der Waals surface area (Å²) in [6.07, 6.45) is 0. The van der Waals surface area contributed by atoms with E-state index in [0.717, 1.165) is 6.07 Å². The minimum absolute atomic E-state index is 0.00413. The van der Waals surface area contributed by atoms with E-state index in [1.54, 1.807) is 30.3 Å². The molecule has 0 bridgehead atoms. The highest BCUT2D eigenvalue weighted by atomic mass is 19.1. The van der Waals surface area contributed by atoms with Gasteiger partial charge in [-0.25, -0.2) is 8.78 Å². The molecule has 0 spiro atoms. The highest BCUT2D eigenvalue weighted by Crippen LogP contribution is 2.34. The van der Waals surface area contributed by atoms with E-state index >= 15 is 0 Å². The molecule has 0 aliphatic heterocycles. The summed E-state index contributed by atoms with van der Waals surface area (Å²) in [6.45, 7) is -0.00413. The van der Waals surface area contributed by atoms with Gasteiger partial charge in [0.2, 0.25) is 0 Å². The maximum atomic E-state index is 14.5. The van der Waals surface area contributed by atoms with Gasteiger partial charge < -0.3 is 24.1 Å². The third-order valence-electron chi connectivity index (χ3n) is 4.89. The molecule has 1 aromatic heterocycles. The first-order valence-electron chi connectivity index (χ1n) is 10.1. The first-order valence-corrected chi connectivity index (χ1v) is 10.1. The lowest BCUT2D eigenvalue weighted by atomic mass is 10.1. The highest BCUT2D eigenvalue weighted by molar-refractivity contribution is 6.03. The standard InChI is InChI=1S/C25H20F2N2O5/c1-31-18-7-9-22(32-2)19(12-18)24-13-21(29-34-24)25(30)28-17-6-8-23(20(27)11-17)33-14-15-4-3-5-16(26)10-15/h3-13H,14H2,1-2H3,(H,28,30). The molecule has 0 atom stereocenters. The van der Waals surface area contributed by atoms with Crippen LogP contribution in [0.15, 0.2) is 71.3 Å². The first-order chi connectivity index (χ1) is 16.5. The molecular formula is C25H20F2N2O5. The number of hydrogen-bond acceptors (Lipinski definition) is 6. The van der Waals surface area contributed by atoms with Crippen LogP contribution in [-0.2, 0) is 6.61 Å². The number of nitrogens with zero attached hydrogens (tertiary/aromatic N) is 1. The van der Waals surface area contributed by atoms with Crippen molar-refractivity contribution in [2.75, 3.05) is 19.5 Å². The lowest BCUT2D eigenvalue weighted by Gasteiger charge is -2.09. The molecule has 0 unspecified atom stereocenters. The van der Waals surface area contributed by atoms with E-state index < -0.39 is 17.5 Å². The molecule has 174 valence electrons. The molecule has 0 saturated heterocycles. The summed E-state index contributed by atoms with van der Waals surface area (Å²) in [5, 5.41) is 6.36. The molecule has 1 heterocycles. The Kier molecular flexibility index (Phi) is 6.72. The third kappa shape index (κ3) is 5.15. The van der Waals surface area contributed by atoms with Crippen molar-refractivity contribution >= 4 is 11.6 Å². The van der Waals surface area contributed by atoms with Crippen molar-refractivity contribution in [3.63, 3.8) is 0 Å². The largest absolute Gasteiger partial charge is 0.497 e. The zero-order chi connectivity index (χ0) is 24.1.